The van der Waals surface area contributed by atoms with E-state index in [1.54, 1.807) is 6.20 Å². The molecule has 134 valence electrons. The van der Waals surface area contributed by atoms with Gasteiger partial charge in [0.2, 0.25) is 0 Å². The van der Waals surface area contributed by atoms with Crippen LogP contribution in [0.25, 0.3) is 11.3 Å². The largest absolute Gasteiger partial charge is 0.458 e. The lowest BCUT2D eigenvalue weighted by molar-refractivity contribution is -0.173. The van der Waals surface area contributed by atoms with Crippen LogP contribution >= 0.6 is 15.9 Å². The molecule has 0 saturated carbocycles. The smallest absolute Gasteiger partial charge is 0.337 e. The maximum absolute atomic E-state index is 12.5. The Morgan fingerprint density at radius 2 is 2.04 bits per heavy atom. The first-order valence-electron chi connectivity index (χ1n) is 8.22. The van der Waals surface area contributed by atoms with Crippen LogP contribution in [0.15, 0.2) is 34.9 Å². The van der Waals surface area contributed by atoms with Crippen molar-refractivity contribution in [2.75, 3.05) is 13.2 Å². The fraction of sp³-hybridized carbons (Fsp3) is 0.444. The van der Waals surface area contributed by atoms with Crippen molar-refractivity contribution < 1.29 is 14.3 Å². The van der Waals surface area contributed by atoms with Crippen molar-refractivity contribution in [2.45, 2.75) is 38.5 Å². The molecule has 1 saturated heterocycles. The third kappa shape index (κ3) is 4.48. The molecule has 2 aromatic rings. The lowest BCUT2D eigenvalue weighted by Gasteiger charge is -2.32. The van der Waals surface area contributed by atoms with Crippen LogP contribution in [-0.2, 0) is 14.3 Å². The second-order valence-electron chi connectivity index (χ2n) is 6.95. The highest BCUT2D eigenvalue weighted by molar-refractivity contribution is 9.10. The molecule has 0 spiro atoms. The minimum atomic E-state index is -0.725. The number of nitrogens with one attached hydrogen (secondary N) is 2. The van der Waals surface area contributed by atoms with Gasteiger partial charge in [-0.2, -0.15) is 0 Å². The summed E-state index contributed by atoms with van der Waals surface area (Å²) in [5.41, 5.74) is 1.35. The number of carbonyl (C=O) groups is 1. The number of morpholine rings is 1. The van der Waals surface area contributed by atoms with Crippen LogP contribution < -0.4 is 5.32 Å². The monoisotopic (exact) mass is 407 g/mol. The van der Waals surface area contributed by atoms with Gasteiger partial charge in [-0.05, 0) is 38.5 Å². The molecular formula is C18H22BrN3O3. The van der Waals surface area contributed by atoms with E-state index >= 15 is 0 Å². The first-order valence-corrected chi connectivity index (χ1v) is 9.01. The molecule has 1 aromatic heterocycles. The van der Waals surface area contributed by atoms with Gasteiger partial charge in [0.15, 0.2) is 6.10 Å². The fourth-order valence-corrected chi connectivity index (χ4v) is 2.94. The molecule has 25 heavy (non-hydrogen) atoms. The number of aromatic nitrogens is 2. The lowest BCUT2D eigenvalue weighted by Crippen LogP contribution is -2.48. The number of esters is 1. The standard InChI is InChI=1S/C18H22BrN3O3/c1-18(2,3)25-17(23)15-14(20-8-9-24-15)16-21-10-13(22-16)11-4-6-12(19)7-5-11/h4-7,10,14-15,20H,8-9H2,1-3H3,(H,21,22). The summed E-state index contributed by atoms with van der Waals surface area (Å²) in [7, 11) is 0. The number of halogens is 1. The Balaban J connectivity index is 1.81. The number of aromatic amines is 1. The topological polar surface area (TPSA) is 76.2 Å². The molecule has 2 heterocycles. The van der Waals surface area contributed by atoms with Gasteiger partial charge in [0.05, 0.1) is 18.5 Å². The van der Waals surface area contributed by atoms with Crippen molar-refractivity contribution in [3.05, 3.63) is 40.8 Å². The third-order valence-corrected chi connectivity index (χ3v) is 4.28. The van der Waals surface area contributed by atoms with Crippen LogP contribution in [0.4, 0.5) is 0 Å². The summed E-state index contributed by atoms with van der Waals surface area (Å²) < 4.78 is 12.2. The number of benzene rings is 1. The normalized spacial score (nSPS) is 21.1. The van der Waals surface area contributed by atoms with Crippen LogP contribution in [0, 0.1) is 0 Å². The summed E-state index contributed by atoms with van der Waals surface area (Å²) in [4.78, 5) is 20.2. The minimum Gasteiger partial charge on any atom is -0.458 e. The van der Waals surface area contributed by atoms with E-state index in [2.05, 4.69) is 31.2 Å². The predicted molar refractivity (Wildman–Crippen MR) is 98.1 cm³/mol. The summed E-state index contributed by atoms with van der Waals surface area (Å²) >= 11 is 3.43. The molecule has 1 aromatic carbocycles. The quantitative estimate of drug-likeness (QED) is 0.763. The van der Waals surface area contributed by atoms with Crippen molar-refractivity contribution >= 4 is 21.9 Å². The van der Waals surface area contributed by atoms with Crippen molar-refractivity contribution in [2.24, 2.45) is 0 Å². The van der Waals surface area contributed by atoms with Crippen LogP contribution in [-0.4, -0.2) is 40.8 Å². The zero-order valence-corrected chi connectivity index (χ0v) is 16.1. The van der Waals surface area contributed by atoms with E-state index in [1.165, 1.54) is 0 Å². The second kappa shape index (κ2) is 7.27. The van der Waals surface area contributed by atoms with Gasteiger partial charge in [-0.1, -0.05) is 28.1 Å². The van der Waals surface area contributed by atoms with Gasteiger partial charge in [0, 0.05) is 11.0 Å². The maximum atomic E-state index is 12.5. The van der Waals surface area contributed by atoms with Crippen molar-refractivity contribution in [3.8, 4) is 11.3 Å². The lowest BCUT2D eigenvalue weighted by atomic mass is 10.1. The molecule has 2 atom stereocenters. The van der Waals surface area contributed by atoms with Gasteiger partial charge in [0.1, 0.15) is 17.5 Å². The highest BCUT2D eigenvalue weighted by atomic mass is 79.9. The Bertz CT molecular complexity index is 737. The van der Waals surface area contributed by atoms with E-state index < -0.39 is 11.7 Å². The van der Waals surface area contributed by atoms with Gasteiger partial charge in [0.25, 0.3) is 0 Å². The van der Waals surface area contributed by atoms with Crippen molar-refractivity contribution in [1.82, 2.24) is 15.3 Å². The molecule has 3 rings (SSSR count). The Morgan fingerprint density at radius 3 is 2.72 bits per heavy atom. The van der Waals surface area contributed by atoms with E-state index in [4.69, 9.17) is 9.47 Å². The molecule has 1 fully saturated rings. The van der Waals surface area contributed by atoms with Crippen molar-refractivity contribution in [3.63, 3.8) is 0 Å². The molecule has 0 bridgehead atoms. The molecular weight excluding hydrogens is 386 g/mol. The van der Waals surface area contributed by atoms with E-state index in [1.807, 2.05) is 45.0 Å². The Hall–Kier alpha value is -1.70. The summed E-state index contributed by atoms with van der Waals surface area (Å²) in [6, 6.07) is 7.57. The second-order valence-corrected chi connectivity index (χ2v) is 7.86. The number of H-pyrrole nitrogens is 1. The molecule has 1 aliphatic heterocycles. The van der Waals surface area contributed by atoms with Crippen LogP contribution in [0.1, 0.15) is 32.6 Å². The number of imidazole rings is 1. The molecule has 0 aliphatic carbocycles. The van der Waals surface area contributed by atoms with Gasteiger partial charge < -0.3 is 19.8 Å². The molecule has 7 heteroatoms. The number of nitrogens with zero attached hydrogens (tertiary/aromatic N) is 1. The number of hydrogen-bond acceptors (Lipinski definition) is 5. The van der Waals surface area contributed by atoms with Gasteiger partial charge in [-0.25, -0.2) is 9.78 Å². The van der Waals surface area contributed by atoms with Crippen molar-refractivity contribution in [1.29, 1.82) is 0 Å². The highest BCUT2D eigenvalue weighted by Gasteiger charge is 2.37. The first-order chi connectivity index (χ1) is 11.8. The molecule has 6 nitrogen and oxygen atoms in total. The predicted octanol–water partition coefficient (Wildman–Crippen LogP) is 3.21. The Morgan fingerprint density at radius 1 is 1.32 bits per heavy atom. The average Bonchev–Trinajstić information content (AvgIpc) is 3.04. The Kier molecular flexibility index (Phi) is 5.27. The minimum absolute atomic E-state index is 0.368. The SMILES string of the molecule is CC(C)(C)OC(=O)C1OCCNC1c1ncc(-c2ccc(Br)cc2)[nH]1. The van der Waals surface area contributed by atoms with E-state index in [-0.39, 0.29) is 12.0 Å². The fourth-order valence-electron chi connectivity index (χ4n) is 2.68. The first kappa shape index (κ1) is 18.1. The zero-order valence-electron chi connectivity index (χ0n) is 14.5. The van der Waals surface area contributed by atoms with Gasteiger partial charge in [-0.15, -0.1) is 0 Å². The highest BCUT2D eigenvalue weighted by Crippen LogP contribution is 2.26. The number of hydrogen-bond donors (Lipinski definition) is 2. The van der Waals surface area contributed by atoms with E-state index in [0.717, 1.165) is 15.7 Å². The van der Waals surface area contributed by atoms with E-state index in [0.29, 0.717) is 19.0 Å². The summed E-state index contributed by atoms with van der Waals surface area (Å²) in [5, 5.41) is 3.30. The van der Waals surface area contributed by atoms with Gasteiger partial charge in [-0.3, -0.25) is 0 Å². The molecule has 0 radical (unpaired) electrons. The maximum Gasteiger partial charge on any atom is 0.337 e. The molecule has 2 unspecified atom stereocenters. The molecule has 2 N–H and O–H groups in total. The molecule has 1 aliphatic rings. The number of carbonyl (C=O) groups excluding carboxylic acids is 1. The summed E-state index contributed by atoms with van der Waals surface area (Å²) in [6.45, 7) is 6.64. The molecule has 0 amide bonds. The third-order valence-electron chi connectivity index (χ3n) is 3.75. The number of ether oxygens (including phenoxy) is 2. The van der Waals surface area contributed by atoms with Crippen LogP contribution in [0.3, 0.4) is 0 Å². The summed E-state index contributed by atoms with van der Waals surface area (Å²) in [6.07, 6.45) is 1.04. The van der Waals surface area contributed by atoms with E-state index in [9.17, 15) is 4.79 Å². The Labute approximate surface area is 155 Å². The number of rotatable bonds is 3. The van der Waals surface area contributed by atoms with Crippen LogP contribution in [0.5, 0.6) is 0 Å². The zero-order chi connectivity index (χ0) is 18.0. The average molecular weight is 408 g/mol. The van der Waals surface area contributed by atoms with Crippen LogP contribution in [0.2, 0.25) is 0 Å². The summed E-state index contributed by atoms with van der Waals surface area (Å²) in [5.74, 6) is 0.278. The van der Waals surface area contributed by atoms with Gasteiger partial charge >= 0.3 is 5.97 Å².